The Morgan fingerprint density at radius 3 is 2.71 bits per heavy atom. The summed E-state index contributed by atoms with van der Waals surface area (Å²) in [6.07, 6.45) is 4.83. The second kappa shape index (κ2) is 5.17. The third kappa shape index (κ3) is 3.08. The van der Waals surface area contributed by atoms with Crippen molar-refractivity contribution in [1.29, 1.82) is 5.26 Å². The summed E-state index contributed by atoms with van der Waals surface area (Å²) < 4.78 is 1.80. The highest BCUT2D eigenvalue weighted by Crippen LogP contribution is 2.08. The molecule has 2 rings (SSSR count). The molecule has 0 radical (unpaired) electrons. The van der Waals surface area contributed by atoms with E-state index in [1.165, 1.54) is 5.56 Å². The highest BCUT2D eigenvalue weighted by Gasteiger charge is 1.96. The van der Waals surface area contributed by atoms with Crippen LogP contribution in [0.5, 0.6) is 0 Å². The topological polar surface area (TPSA) is 53.6 Å². The van der Waals surface area contributed by atoms with E-state index < -0.39 is 0 Å². The van der Waals surface area contributed by atoms with E-state index in [0.29, 0.717) is 5.56 Å². The first kappa shape index (κ1) is 11.2. The minimum absolute atomic E-state index is 0.683. The molecule has 0 bridgehead atoms. The second-order valence-corrected chi connectivity index (χ2v) is 3.89. The van der Waals surface area contributed by atoms with Crippen LogP contribution < -0.4 is 5.32 Å². The van der Waals surface area contributed by atoms with Gasteiger partial charge in [0.15, 0.2) is 0 Å². The molecular formula is C13H14N4. The molecule has 0 atom stereocenters. The Hall–Kier alpha value is -2.28. The number of nitriles is 1. The van der Waals surface area contributed by atoms with Gasteiger partial charge in [-0.05, 0) is 36.2 Å². The fourth-order valence-electron chi connectivity index (χ4n) is 1.61. The van der Waals surface area contributed by atoms with E-state index in [2.05, 4.69) is 16.5 Å². The fourth-order valence-corrected chi connectivity index (χ4v) is 1.61. The Labute approximate surface area is 100 Å². The number of hydrogen-bond donors (Lipinski definition) is 1. The molecule has 0 spiro atoms. The van der Waals surface area contributed by atoms with Gasteiger partial charge in [-0.25, -0.2) is 0 Å². The van der Waals surface area contributed by atoms with E-state index >= 15 is 0 Å². The molecule has 0 aliphatic heterocycles. The van der Waals surface area contributed by atoms with Gasteiger partial charge in [0, 0.05) is 25.5 Å². The molecule has 17 heavy (non-hydrogen) atoms. The van der Waals surface area contributed by atoms with E-state index in [1.54, 1.807) is 4.68 Å². The number of hydrogen-bond acceptors (Lipinski definition) is 3. The molecule has 1 N–H and O–H groups in total. The quantitative estimate of drug-likeness (QED) is 0.866. The van der Waals surface area contributed by atoms with Crippen LogP contribution in [0.15, 0.2) is 36.7 Å². The van der Waals surface area contributed by atoms with Crippen molar-refractivity contribution in [3.63, 3.8) is 0 Å². The Balaban J connectivity index is 1.84. The van der Waals surface area contributed by atoms with Gasteiger partial charge in [-0.1, -0.05) is 0 Å². The van der Waals surface area contributed by atoms with Crippen LogP contribution in [-0.4, -0.2) is 16.3 Å². The number of benzene rings is 1. The van der Waals surface area contributed by atoms with Gasteiger partial charge in [-0.3, -0.25) is 4.68 Å². The van der Waals surface area contributed by atoms with Crippen molar-refractivity contribution in [2.24, 2.45) is 7.05 Å². The first-order chi connectivity index (χ1) is 8.28. The highest BCUT2D eigenvalue weighted by atomic mass is 15.2. The zero-order chi connectivity index (χ0) is 12.1. The van der Waals surface area contributed by atoms with Crippen LogP contribution in [0.3, 0.4) is 0 Å². The Kier molecular flexibility index (Phi) is 3.41. The number of aromatic nitrogens is 2. The van der Waals surface area contributed by atoms with Gasteiger partial charge < -0.3 is 5.32 Å². The molecule has 2 aromatic rings. The van der Waals surface area contributed by atoms with Gasteiger partial charge in [-0.2, -0.15) is 10.4 Å². The number of aryl methyl sites for hydroxylation is 1. The summed E-state index contributed by atoms with van der Waals surface area (Å²) in [4.78, 5) is 0. The predicted molar refractivity (Wildman–Crippen MR) is 66.6 cm³/mol. The minimum Gasteiger partial charge on any atom is -0.385 e. The molecule has 1 aromatic carbocycles. The van der Waals surface area contributed by atoms with Crippen molar-refractivity contribution >= 4 is 5.69 Å². The SMILES string of the molecule is Cn1cc(CCNc2ccc(C#N)cc2)cn1. The van der Waals surface area contributed by atoms with Crippen molar-refractivity contribution in [2.75, 3.05) is 11.9 Å². The van der Waals surface area contributed by atoms with Crippen molar-refractivity contribution in [2.45, 2.75) is 6.42 Å². The molecule has 4 heteroatoms. The standard InChI is InChI=1S/C13H14N4/c1-17-10-12(9-16-17)6-7-15-13-4-2-11(8-14)3-5-13/h2-5,9-10,15H,6-7H2,1H3. The van der Waals surface area contributed by atoms with Gasteiger partial charge in [0.1, 0.15) is 0 Å². The fraction of sp³-hybridized carbons (Fsp3) is 0.231. The lowest BCUT2D eigenvalue weighted by atomic mass is 10.2. The Morgan fingerprint density at radius 1 is 1.35 bits per heavy atom. The maximum Gasteiger partial charge on any atom is 0.0991 e. The van der Waals surface area contributed by atoms with Gasteiger partial charge in [0.05, 0.1) is 17.8 Å². The molecule has 0 aliphatic rings. The van der Waals surface area contributed by atoms with Crippen LogP contribution in [0.2, 0.25) is 0 Å². The maximum absolute atomic E-state index is 8.68. The first-order valence-corrected chi connectivity index (χ1v) is 5.49. The summed E-state index contributed by atoms with van der Waals surface area (Å²) in [5, 5.41) is 16.1. The molecule has 0 saturated carbocycles. The third-order valence-corrected chi connectivity index (χ3v) is 2.52. The van der Waals surface area contributed by atoms with Crippen LogP contribution in [0.4, 0.5) is 5.69 Å². The number of anilines is 1. The van der Waals surface area contributed by atoms with Crippen molar-refractivity contribution in [1.82, 2.24) is 9.78 Å². The predicted octanol–water partition coefficient (Wildman–Crippen LogP) is 1.95. The summed E-state index contributed by atoms with van der Waals surface area (Å²) in [6.45, 7) is 0.859. The van der Waals surface area contributed by atoms with Crippen molar-refractivity contribution in [3.8, 4) is 6.07 Å². The first-order valence-electron chi connectivity index (χ1n) is 5.49. The zero-order valence-corrected chi connectivity index (χ0v) is 9.72. The summed E-state index contributed by atoms with van der Waals surface area (Å²) >= 11 is 0. The lowest BCUT2D eigenvalue weighted by molar-refractivity contribution is 0.767. The van der Waals surface area contributed by atoms with Crippen LogP contribution in [0.1, 0.15) is 11.1 Å². The zero-order valence-electron chi connectivity index (χ0n) is 9.72. The lowest BCUT2D eigenvalue weighted by Gasteiger charge is -2.04. The van der Waals surface area contributed by atoms with Gasteiger partial charge >= 0.3 is 0 Å². The molecule has 0 aliphatic carbocycles. The van der Waals surface area contributed by atoms with E-state index in [1.807, 2.05) is 43.7 Å². The summed E-state index contributed by atoms with van der Waals surface area (Å²) in [6, 6.07) is 9.56. The average molecular weight is 226 g/mol. The van der Waals surface area contributed by atoms with Crippen molar-refractivity contribution in [3.05, 3.63) is 47.8 Å². The molecule has 1 aromatic heterocycles. The molecule has 1 heterocycles. The van der Waals surface area contributed by atoms with E-state index in [-0.39, 0.29) is 0 Å². The smallest absolute Gasteiger partial charge is 0.0991 e. The van der Waals surface area contributed by atoms with Crippen LogP contribution in [0, 0.1) is 11.3 Å². The molecule has 4 nitrogen and oxygen atoms in total. The number of rotatable bonds is 4. The normalized spacial score (nSPS) is 9.88. The number of nitrogens with one attached hydrogen (secondary N) is 1. The van der Waals surface area contributed by atoms with Crippen molar-refractivity contribution < 1.29 is 0 Å². The third-order valence-electron chi connectivity index (χ3n) is 2.52. The summed E-state index contributed by atoms with van der Waals surface area (Å²) in [5.74, 6) is 0. The summed E-state index contributed by atoms with van der Waals surface area (Å²) in [7, 11) is 1.91. The van der Waals surface area contributed by atoms with Gasteiger partial charge in [0.25, 0.3) is 0 Å². The van der Waals surface area contributed by atoms with E-state index in [0.717, 1.165) is 18.7 Å². The lowest BCUT2D eigenvalue weighted by Crippen LogP contribution is -2.04. The molecule has 86 valence electrons. The highest BCUT2D eigenvalue weighted by molar-refractivity contribution is 5.47. The van der Waals surface area contributed by atoms with Gasteiger partial charge in [-0.15, -0.1) is 0 Å². The molecule has 0 amide bonds. The largest absolute Gasteiger partial charge is 0.385 e. The van der Waals surface area contributed by atoms with Crippen LogP contribution >= 0.6 is 0 Å². The minimum atomic E-state index is 0.683. The number of nitrogens with zero attached hydrogens (tertiary/aromatic N) is 3. The maximum atomic E-state index is 8.68. The van der Waals surface area contributed by atoms with Crippen LogP contribution in [0.25, 0.3) is 0 Å². The molecular weight excluding hydrogens is 212 g/mol. The average Bonchev–Trinajstić information content (AvgIpc) is 2.76. The molecule has 0 saturated heterocycles. The monoisotopic (exact) mass is 226 g/mol. The van der Waals surface area contributed by atoms with Crippen LogP contribution in [-0.2, 0) is 13.5 Å². The van der Waals surface area contributed by atoms with E-state index in [9.17, 15) is 0 Å². The Morgan fingerprint density at radius 2 is 2.12 bits per heavy atom. The molecule has 0 unspecified atom stereocenters. The van der Waals surface area contributed by atoms with Gasteiger partial charge in [0.2, 0.25) is 0 Å². The van der Waals surface area contributed by atoms with E-state index in [4.69, 9.17) is 5.26 Å². The summed E-state index contributed by atoms with van der Waals surface area (Å²) in [5.41, 5.74) is 2.93. The molecule has 0 fully saturated rings. The second-order valence-electron chi connectivity index (χ2n) is 3.89. The Bertz CT molecular complexity index is 519.